The van der Waals surface area contributed by atoms with Crippen molar-refractivity contribution in [1.82, 2.24) is 10.2 Å². The quantitative estimate of drug-likeness (QED) is 0.590. The number of halogens is 1. The van der Waals surface area contributed by atoms with Gasteiger partial charge in [-0.2, -0.15) is 5.10 Å². The molecule has 0 atom stereocenters. The molecule has 1 saturated carbocycles. The molecule has 1 amide bonds. The fraction of sp³-hybridized carbons (Fsp3) is 0.273. The molecule has 2 aromatic carbocycles. The minimum atomic E-state index is -0.429. The van der Waals surface area contributed by atoms with E-state index in [1.807, 2.05) is 24.3 Å². The van der Waals surface area contributed by atoms with Gasteiger partial charge in [0.25, 0.3) is 0 Å². The van der Waals surface area contributed by atoms with E-state index in [0.717, 1.165) is 36.9 Å². The Kier molecular flexibility index (Phi) is 5.10. The molecule has 28 heavy (non-hydrogen) atoms. The molecule has 1 fully saturated rings. The second kappa shape index (κ2) is 7.84. The van der Waals surface area contributed by atoms with Crippen molar-refractivity contribution < 1.29 is 14.3 Å². The van der Waals surface area contributed by atoms with Gasteiger partial charge in [0.2, 0.25) is 5.91 Å². The standard InChI is InChI=1S/C22H22FN3O2/c23-16-8-11-21(27)18(12-16)20-13-19(25-26-20)14-6-9-17(10-7-14)24-22(28)15-4-2-1-3-5-15/h6-13,15,27H,1-5H2,(H,24,28)(H,25,26). The summed E-state index contributed by atoms with van der Waals surface area (Å²) in [4.78, 5) is 12.4. The van der Waals surface area contributed by atoms with E-state index in [9.17, 15) is 14.3 Å². The highest BCUT2D eigenvalue weighted by Gasteiger charge is 2.21. The Labute approximate surface area is 162 Å². The van der Waals surface area contributed by atoms with Gasteiger partial charge in [0.15, 0.2) is 0 Å². The summed E-state index contributed by atoms with van der Waals surface area (Å²) in [6, 6.07) is 13.0. The number of aromatic nitrogens is 2. The van der Waals surface area contributed by atoms with Gasteiger partial charge in [-0.1, -0.05) is 31.4 Å². The Morgan fingerprint density at radius 3 is 2.57 bits per heavy atom. The molecule has 0 spiro atoms. The Morgan fingerprint density at radius 2 is 1.82 bits per heavy atom. The van der Waals surface area contributed by atoms with E-state index in [1.54, 1.807) is 6.07 Å². The molecule has 144 valence electrons. The molecule has 0 aliphatic heterocycles. The highest BCUT2D eigenvalue weighted by Crippen LogP contribution is 2.31. The molecule has 0 saturated heterocycles. The summed E-state index contributed by atoms with van der Waals surface area (Å²) in [6.07, 6.45) is 5.40. The molecular weight excluding hydrogens is 357 g/mol. The van der Waals surface area contributed by atoms with Crippen molar-refractivity contribution in [3.05, 3.63) is 54.3 Å². The summed E-state index contributed by atoms with van der Waals surface area (Å²) in [7, 11) is 0. The van der Waals surface area contributed by atoms with E-state index in [0.29, 0.717) is 17.0 Å². The number of hydrogen-bond donors (Lipinski definition) is 3. The van der Waals surface area contributed by atoms with E-state index in [-0.39, 0.29) is 17.6 Å². The van der Waals surface area contributed by atoms with Crippen LogP contribution in [-0.2, 0) is 4.79 Å². The van der Waals surface area contributed by atoms with Crippen LogP contribution in [0.15, 0.2) is 48.5 Å². The highest BCUT2D eigenvalue weighted by atomic mass is 19.1. The Bertz CT molecular complexity index is 976. The number of hydrogen-bond acceptors (Lipinski definition) is 3. The summed E-state index contributed by atoms with van der Waals surface area (Å²) in [5, 5.41) is 20.0. The van der Waals surface area contributed by atoms with E-state index in [1.165, 1.54) is 24.6 Å². The van der Waals surface area contributed by atoms with Gasteiger partial charge in [-0.05, 0) is 49.2 Å². The van der Waals surface area contributed by atoms with Crippen LogP contribution in [0.3, 0.4) is 0 Å². The second-order valence-electron chi connectivity index (χ2n) is 7.23. The minimum absolute atomic E-state index is 0.0163. The maximum absolute atomic E-state index is 13.5. The van der Waals surface area contributed by atoms with Crippen LogP contribution in [0.5, 0.6) is 5.75 Å². The van der Waals surface area contributed by atoms with Gasteiger partial charge in [-0.25, -0.2) is 4.39 Å². The van der Waals surface area contributed by atoms with Crippen LogP contribution >= 0.6 is 0 Å². The van der Waals surface area contributed by atoms with Crippen LogP contribution in [0.25, 0.3) is 22.5 Å². The number of phenols is 1. The van der Waals surface area contributed by atoms with Crippen molar-refractivity contribution >= 4 is 11.6 Å². The third-order valence-electron chi connectivity index (χ3n) is 5.25. The van der Waals surface area contributed by atoms with Gasteiger partial charge in [0, 0.05) is 22.7 Å². The first-order valence-electron chi connectivity index (χ1n) is 9.56. The van der Waals surface area contributed by atoms with Crippen LogP contribution in [0.1, 0.15) is 32.1 Å². The summed E-state index contributed by atoms with van der Waals surface area (Å²) in [5.41, 5.74) is 3.17. The Balaban J connectivity index is 1.48. The van der Waals surface area contributed by atoms with E-state index in [4.69, 9.17) is 0 Å². The monoisotopic (exact) mass is 379 g/mol. The predicted octanol–water partition coefficient (Wildman–Crippen LogP) is 5.11. The summed E-state index contributed by atoms with van der Waals surface area (Å²) >= 11 is 0. The van der Waals surface area contributed by atoms with Gasteiger partial charge in [-0.3, -0.25) is 9.89 Å². The van der Waals surface area contributed by atoms with Gasteiger partial charge in [0.05, 0.1) is 11.4 Å². The largest absolute Gasteiger partial charge is 0.507 e. The molecule has 1 aromatic heterocycles. The predicted molar refractivity (Wildman–Crippen MR) is 106 cm³/mol. The van der Waals surface area contributed by atoms with Crippen molar-refractivity contribution in [3.63, 3.8) is 0 Å². The lowest BCUT2D eigenvalue weighted by molar-refractivity contribution is -0.120. The average Bonchev–Trinajstić information content (AvgIpc) is 3.21. The SMILES string of the molecule is O=C(Nc1ccc(-c2cc(-c3cc(F)ccc3O)[nH]n2)cc1)C1CCCCC1. The lowest BCUT2D eigenvalue weighted by atomic mass is 9.88. The number of carbonyl (C=O) groups excluding carboxylic acids is 1. The number of phenolic OH excluding ortho intramolecular Hbond substituents is 1. The molecular formula is C22H22FN3O2. The third-order valence-corrected chi connectivity index (χ3v) is 5.25. The van der Waals surface area contributed by atoms with Crippen molar-refractivity contribution in [1.29, 1.82) is 0 Å². The second-order valence-corrected chi connectivity index (χ2v) is 7.23. The maximum Gasteiger partial charge on any atom is 0.227 e. The summed E-state index contributed by atoms with van der Waals surface area (Å²) in [5.74, 6) is -0.239. The van der Waals surface area contributed by atoms with Gasteiger partial charge < -0.3 is 10.4 Å². The normalized spacial score (nSPS) is 14.8. The topological polar surface area (TPSA) is 78.0 Å². The molecule has 0 radical (unpaired) electrons. The molecule has 3 aromatic rings. The number of nitrogens with one attached hydrogen (secondary N) is 2. The number of nitrogens with zero attached hydrogens (tertiary/aromatic N) is 1. The van der Waals surface area contributed by atoms with Crippen molar-refractivity contribution in [2.45, 2.75) is 32.1 Å². The Morgan fingerprint density at radius 1 is 1.07 bits per heavy atom. The first-order chi connectivity index (χ1) is 13.6. The molecule has 1 heterocycles. The summed E-state index contributed by atoms with van der Waals surface area (Å²) < 4.78 is 13.5. The van der Waals surface area contributed by atoms with E-state index in [2.05, 4.69) is 15.5 Å². The lowest BCUT2D eigenvalue weighted by Crippen LogP contribution is -2.24. The zero-order valence-electron chi connectivity index (χ0n) is 15.4. The fourth-order valence-electron chi connectivity index (χ4n) is 3.66. The number of aromatic amines is 1. The number of benzene rings is 2. The molecule has 4 rings (SSSR count). The van der Waals surface area contributed by atoms with Crippen LogP contribution in [-0.4, -0.2) is 21.2 Å². The Hall–Kier alpha value is -3.15. The molecule has 0 unspecified atom stereocenters. The van der Waals surface area contributed by atoms with E-state index < -0.39 is 5.82 Å². The number of amides is 1. The average molecular weight is 379 g/mol. The first-order valence-corrected chi connectivity index (χ1v) is 9.56. The number of carbonyl (C=O) groups is 1. The van der Waals surface area contributed by atoms with Crippen LogP contribution in [0.4, 0.5) is 10.1 Å². The van der Waals surface area contributed by atoms with Crippen molar-refractivity contribution in [3.8, 4) is 28.3 Å². The number of H-pyrrole nitrogens is 1. The fourth-order valence-corrected chi connectivity index (χ4v) is 3.66. The molecule has 1 aliphatic carbocycles. The number of rotatable bonds is 4. The molecule has 0 bridgehead atoms. The highest BCUT2D eigenvalue weighted by molar-refractivity contribution is 5.92. The molecule has 5 nitrogen and oxygen atoms in total. The van der Waals surface area contributed by atoms with Crippen LogP contribution in [0.2, 0.25) is 0 Å². The van der Waals surface area contributed by atoms with Crippen LogP contribution < -0.4 is 5.32 Å². The van der Waals surface area contributed by atoms with Crippen LogP contribution in [0, 0.1) is 11.7 Å². The molecule has 6 heteroatoms. The third kappa shape index (κ3) is 3.91. The van der Waals surface area contributed by atoms with Crippen molar-refractivity contribution in [2.24, 2.45) is 5.92 Å². The lowest BCUT2D eigenvalue weighted by Gasteiger charge is -2.20. The minimum Gasteiger partial charge on any atom is -0.507 e. The summed E-state index contributed by atoms with van der Waals surface area (Å²) in [6.45, 7) is 0. The molecule has 3 N–H and O–H groups in total. The zero-order valence-corrected chi connectivity index (χ0v) is 15.4. The van der Waals surface area contributed by atoms with E-state index >= 15 is 0 Å². The number of anilines is 1. The van der Waals surface area contributed by atoms with Gasteiger partial charge in [-0.15, -0.1) is 0 Å². The van der Waals surface area contributed by atoms with Gasteiger partial charge >= 0.3 is 0 Å². The molecule has 1 aliphatic rings. The van der Waals surface area contributed by atoms with Crippen molar-refractivity contribution in [2.75, 3.05) is 5.32 Å². The first kappa shape index (κ1) is 18.2. The maximum atomic E-state index is 13.5. The zero-order chi connectivity index (χ0) is 19.5. The number of aromatic hydroxyl groups is 1. The smallest absolute Gasteiger partial charge is 0.227 e. The van der Waals surface area contributed by atoms with Gasteiger partial charge in [0.1, 0.15) is 11.6 Å².